The Labute approximate surface area is 171 Å². The lowest BCUT2D eigenvalue weighted by atomic mass is 10.1. The van der Waals surface area contributed by atoms with E-state index in [1.54, 1.807) is 42.5 Å². The zero-order chi connectivity index (χ0) is 20.1. The second-order valence-corrected chi connectivity index (χ2v) is 7.54. The lowest BCUT2D eigenvalue weighted by Gasteiger charge is -2.12. The van der Waals surface area contributed by atoms with Crippen molar-refractivity contribution in [1.82, 2.24) is 5.32 Å². The molecule has 0 aliphatic carbocycles. The molecule has 0 radical (unpaired) electrons. The number of rotatable bonds is 6. The highest BCUT2D eigenvalue weighted by Gasteiger charge is 2.18. The van der Waals surface area contributed by atoms with E-state index in [2.05, 4.69) is 21.2 Å². The molecule has 0 fully saturated rings. The van der Waals surface area contributed by atoms with Crippen LogP contribution in [0.15, 0.2) is 52.6 Å². The third kappa shape index (κ3) is 5.13. The summed E-state index contributed by atoms with van der Waals surface area (Å²) in [5.74, 6) is 0.391. The van der Waals surface area contributed by atoms with Gasteiger partial charge in [0.25, 0.3) is 5.91 Å². The fraction of sp³-hybridized carbons (Fsp3) is 0.238. The SMILES string of the molecule is CC(C)COC(=O)/C(=C/c1ccc2c(c1)OCO2)NC(=O)c1cccc(Br)c1. The minimum atomic E-state index is -0.602. The standard InChI is InChI=1S/C21H20BrNO5/c1-13(2)11-26-21(25)17(23-20(24)15-4-3-5-16(22)10-15)8-14-6-7-18-19(9-14)28-12-27-18/h3-10,13H,11-12H2,1-2H3,(H,23,24)/b17-8-. The van der Waals surface area contributed by atoms with Gasteiger partial charge in [-0.3, -0.25) is 4.79 Å². The average Bonchev–Trinajstić information content (AvgIpc) is 3.13. The van der Waals surface area contributed by atoms with Gasteiger partial charge in [0.05, 0.1) is 6.61 Å². The van der Waals surface area contributed by atoms with Crippen LogP contribution in [0.1, 0.15) is 29.8 Å². The summed E-state index contributed by atoms with van der Waals surface area (Å²) in [5, 5.41) is 2.65. The summed E-state index contributed by atoms with van der Waals surface area (Å²) in [6.45, 7) is 4.29. The van der Waals surface area contributed by atoms with E-state index in [4.69, 9.17) is 14.2 Å². The van der Waals surface area contributed by atoms with Crippen molar-refractivity contribution in [3.05, 3.63) is 63.8 Å². The van der Waals surface area contributed by atoms with Gasteiger partial charge < -0.3 is 19.5 Å². The molecule has 0 aromatic heterocycles. The van der Waals surface area contributed by atoms with Crippen LogP contribution in [0.2, 0.25) is 0 Å². The van der Waals surface area contributed by atoms with Gasteiger partial charge in [0, 0.05) is 10.0 Å². The van der Waals surface area contributed by atoms with Crippen molar-refractivity contribution >= 4 is 33.9 Å². The smallest absolute Gasteiger partial charge is 0.354 e. The van der Waals surface area contributed by atoms with Crippen molar-refractivity contribution in [2.45, 2.75) is 13.8 Å². The van der Waals surface area contributed by atoms with Crippen molar-refractivity contribution in [2.75, 3.05) is 13.4 Å². The number of amides is 1. The molecule has 0 spiro atoms. The first-order valence-corrected chi connectivity index (χ1v) is 9.57. The van der Waals surface area contributed by atoms with Crippen LogP contribution in [0.25, 0.3) is 6.08 Å². The number of ether oxygens (including phenoxy) is 3. The van der Waals surface area contributed by atoms with Crippen LogP contribution in [0.5, 0.6) is 11.5 Å². The van der Waals surface area contributed by atoms with Gasteiger partial charge in [-0.1, -0.05) is 41.9 Å². The number of hydrogen-bond donors (Lipinski definition) is 1. The summed E-state index contributed by atoms with van der Waals surface area (Å²) in [5.41, 5.74) is 1.14. The van der Waals surface area contributed by atoms with E-state index in [9.17, 15) is 9.59 Å². The second kappa shape index (κ2) is 8.93. The van der Waals surface area contributed by atoms with Crippen molar-refractivity contribution in [3.63, 3.8) is 0 Å². The first-order valence-electron chi connectivity index (χ1n) is 8.78. The Balaban J connectivity index is 1.86. The maximum Gasteiger partial charge on any atom is 0.354 e. The maximum atomic E-state index is 12.6. The summed E-state index contributed by atoms with van der Waals surface area (Å²) in [6, 6.07) is 12.2. The van der Waals surface area contributed by atoms with Crippen molar-refractivity contribution in [2.24, 2.45) is 5.92 Å². The van der Waals surface area contributed by atoms with Gasteiger partial charge >= 0.3 is 5.97 Å². The molecule has 0 saturated heterocycles. The predicted molar refractivity (Wildman–Crippen MR) is 108 cm³/mol. The Hall–Kier alpha value is -2.80. The molecule has 3 rings (SSSR count). The molecule has 0 bridgehead atoms. The summed E-state index contributed by atoms with van der Waals surface area (Å²) in [6.07, 6.45) is 1.56. The number of nitrogens with one attached hydrogen (secondary N) is 1. The lowest BCUT2D eigenvalue weighted by molar-refractivity contribution is -0.140. The van der Waals surface area contributed by atoms with Gasteiger partial charge in [-0.2, -0.15) is 0 Å². The number of carbonyl (C=O) groups excluding carboxylic acids is 2. The number of halogens is 1. The van der Waals surface area contributed by atoms with Gasteiger partial charge in [-0.25, -0.2) is 4.79 Å². The number of benzene rings is 2. The number of fused-ring (bicyclic) bond motifs is 1. The zero-order valence-electron chi connectivity index (χ0n) is 15.5. The molecule has 28 heavy (non-hydrogen) atoms. The minimum absolute atomic E-state index is 0.0458. The van der Waals surface area contributed by atoms with Crippen molar-refractivity contribution in [1.29, 1.82) is 0 Å². The molecule has 0 saturated carbocycles. The molecule has 1 aliphatic rings. The average molecular weight is 446 g/mol. The molecule has 1 aliphatic heterocycles. The van der Waals surface area contributed by atoms with Crippen molar-refractivity contribution in [3.8, 4) is 11.5 Å². The first kappa shape index (κ1) is 19.9. The summed E-state index contributed by atoms with van der Waals surface area (Å²) in [7, 11) is 0. The summed E-state index contributed by atoms with van der Waals surface area (Å²) >= 11 is 3.34. The van der Waals surface area contributed by atoms with E-state index in [0.29, 0.717) is 22.6 Å². The molecule has 1 amide bonds. The Morgan fingerprint density at radius 1 is 1.18 bits per heavy atom. The van der Waals surface area contributed by atoms with E-state index in [1.807, 2.05) is 19.9 Å². The van der Waals surface area contributed by atoms with E-state index in [-0.39, 0.29) is 25.0 Å². The number of hydrogen-bond acceptors (Lipinski definition) is 5. The first-order chi connectivity index (χ1) is 13.4. The van der Waals surface area contributed by atoms with Crippen LogP contribution in [0, 0.1) is 5.92 Å². The fourth-order valence-electron chi connectivity index (χ4n) is 2.46. The van der Waals surface area contributed by atoms with Crippen LogP contribution in [0.4, 0.5) is 0 Å². The quantitative estimate of drug-likeness (QED) is 0.533. The largest absolute Gasteiger partial charge is 0.461 e. The molecule has 1 N–H and O–H groups in total. The van der Waals surface area contributed by atoms with E-state index >= 15 is 0 Å². The molecule has 1 heterocycles. The summed E-state index contributed by atoms with van der Waals surface area (Å²) in [4.78, 5) is 25.2. The Kier molecular flexibility index (Phi) is 6.36. The normalized spacial score (nSPS) is 12.8. The lowest BCUT2D eigenvalue weighted by Crippen LogP contribution is -2.29. The highest BCUT2D eigenvalue weighted by Crippen LogP contribution is 2.33. The van der Waals surface area contributed by atoms with Gasteiger partial charge in [0.1, 0.15) is 5.70 Å². The van der Waals surface area contributed by atoms with Crippen LogP contribution in [-0.4, -0.2) is 25.3 Å². The highest BCUT2D eigenvalue weighted by molar-refractivity contribution is 9.10. The molecule has 146 valence electrons. The molecule has 6 nitrogen and oxygen atoms in total. The van der Waals surface area contributed by atoms with Gasteiger partial charge in [0.2, 0.25) is 6.79 Å². The number of carbonyl (C=O) groups is 2. The van der Waals surface area contributed by atoms with Gasteiger partial charge in [-0.05, 0) is 47.9 Å². The minimum Gasteiger partial charge on any atom is -0.461 e. The third-order valence-electron chi connectivity index (χ3n) is 3.81. The molecule has 7 heteroatoms. The fourth-order valence-corrected chi connectivity index (χ4v) is 2.86. The van der Waals surface area contributed by atoms with Crippen LogP contribution < -0.4 is 14.8 Å². The van der Waals surface area contributed by atoms with Gasteiger partial charge in [-0.15, -0.1) is 0 Å². The maximum absolute atomic E-state index is 12.6. The van der Waals surface area contributed by atoms with Crippen LogP contribution >= 0.6 is 15.9 Å². The second-order valence-electron chi connectivity index (χ2n) is 6.63. The topological polar surface area (TPSA) is 73.9 Å². The Morgan fingerprint density at radius 3 is 2.71 bits per heavy atom. The van der Waals surface area contributed by atoms with Crippen LogP contribution in [0.3, 0.4) is 0 Å². The predicted octanol–water partition coefficient (Wildman–Crippen LogP) is 4.15. The Bertz CT molecular complexity index is 923. The molecule has 0 atom stereocenters. The van der Waals surface area contributed by atoms with E-state index in [0.717, 1.165) is 4.47 Å². The molecule has 2 aromatic rings. The third-order valence-corrected chi connectivity index (χ3v) is 4.30. The Morgan fingerprint density at radius 2 is 1.96 bits per heavy atom. The molecule has 2 aromatic carbocycles. The van der Waals surface area contributed by atoms with Crippen LogP contribution in [-0.2, 0) is 9.53 Å². The number of esters is 1. The molecule has 0 unspecified atom stereocenters. The van der Waals surface area contributed by atoms with E-state index < -0.39 is 11.9 Å². The summed E-state index contributed by atoms with van der Waals surface area (Å²) < 4.78 is 16.7. The van der Waals surface area contributed by atoms with Crippen molar-refractivity contribution < 1.29 is 23.8 Å². The van der Waals surface area contributed by atoms with Gasteiger partial charge in [0.15, 0.2) is 11.5 Å². The van der Waals surface area contributed by atoms with E-state index in [1.165, 1.54) is 0 Å². The monoisotopic (exact) mass is 445 g/mol. The highest BCUT2D eigenvalue weighted by atomic mass is 79.9. The zero-order valence-corrected chi connectivity index (χ0v) is 17.1. The molecular formula is C21H20BrNO5. The molecular weight excluding hydrogens is 426 g/mol.